The zero-order valence-corrected chi connectivity index (χ0v) is 16.6. The Morgan fingerprint density at radius 3 is 2.34 bits per heavy atom. The number of rotatable bonds is 6. The fourth-order valence-electron chi connectivity index (χ4n) is 2.99. The molecule has 0 saturated heterocycles. The molecule has 0 saturated carbocycles. The lowest BCUT2D eigenvalue weighted by Gasteiger charge is -2.11. The van der Waals surface area contributed by atoms with Crippen molar-refractivity contribution in [1.29, 1.82) is 0 Å². The Labute approximate surface area is 167 Å². The molecular formula is C19H20N4O5S. The number of nitrogens with two attached hydrogens (primary N) is 1. The van der Waals surface area contributed by atoms with Crippen LogP contribution in [0.1, 0.15) is 12.5 Å². The van der Waals surface area contributed by atoms with Crippen LogP contribution in [-0.2, 0) is 27.6 Å². The molecule has 0 radical (unpaired) electrons. The SMILES string of the molecule is CCc1cc(-c2nnn(CC(N)=O)c2-c2ccc(S(C)(=O)=O)cc2)c(O)cc1O. The van der Waals surface area contributed by atoms with Crippen molar-refractivity contribution in [3.05, 3.63) is 42.0 Å². The Morgan fingerprint density at radius 2 is 1.79 bits per heavy atom. The van der Waals surface area contributed by atoms with E-state index in [1.165, 1.54) is 22.9 Å². The third kappa shape index (κ3) is 4.06. The number of hydrogen-bond donors (Lipinski definition) is 3. The van der Waals surface area contributed by atoms with Crippen LogP contribution < -0.4 is 5.73 Å². The number of aromatic nitrogens is 3. The van der Waals surface area contributed by atoms with Crippen LogP contribution in [0.4, 0.5) is 0 Å². The first-order valence-corrected chi connectivity index (χ1v) is 10.6. The number of primary amides is 1. The second kappa shape index (κ2) is 7.55. The fourth-order valence-corrected chi connectivity index (χ4v) is 3.62. The van der Waals surface area contributed by atoms with Crippen molar-refractivity contribution < 1.29 is 23.4 Å². The summed E-state index contributed by atoms with van der Waals surface area (Å²) >= 11 is 0. The number of phenols is 2. The van der Waals surface area contributed by atoms with Crippen molar-refractivity contribution in [2.24, 2.45) is 5.73 Å². The van der Waals surface area contributed by atoms with E-state index in [9.17, 15) is 23.4 Å². The van der Waals surface area contributed by atoms with Gasteiger partial charge >= 0.3 is 0 Å². The Balaban J connectivity index is 2.23. The van der Waals surface area contributed by atoms with Crippen LogP contribution in [0.3, 0.4) is 0 Å². The van der Waals surface area contributed by atoms with E-state index in [4.69, 9.17) is 5.73 Å². The summed E-state index contributed by atoms with van der Waals surface area (Å²) in [4.78, 5) is 11.6. The van der Waals surface area contributed by atoms with Crippen molar-refractivity contribution in [3.63, 3.8) is 0 Å². The first-order valence-electron chi connectivity index (χ1n) is 8.69. The summed E-state index contributed by atoms with van der Waals surface area (Å²) in [6.07, 6.45) is 1.63. The zero-order valence-electron chi connectivity index (χ0n) is 15.8. The molecule has 29 heavy (non-hydrogen) atoms. The van der Waals surface area contributed by atoms with E-state index >= 15 is 0 Å². The summed E-state index contributed by atoms with van der Waals surface area (Å²) in [5.74, 6) is -0.892. The number of carbonyl (C=O) groups excluding carboxylic acids is 1. The third-order valence-electron chi connectivity index (χ3n) is 4.43. The fraction of sp³-hybridized carbons (Fsp3) is 0.211. The molecule has 0 bridgehead atoms. The molecule has 1 amide bonds. The Hall–Kier alpha value is -3.40. The number of amides is 1. The van der Waals surface area contributed by atoms with Crippen LogP contribution in [0.25, 0.3) is 22.5 Å². The van der Waals surface area contributed by atoms with E-state index in [2.05, 4.69) is 10.3 Å². The van der Waals surface area contributed by atoms with Crippen LogP contribution in [-0.4, -0.2) is 45.8 Å². The van der Waals surface area contributed by atoms with E-state index in [0.717, 1.165) is 6.26 Å². The maximum absolute atomic E-state index is 11.7. The van der Waals surface area contributed by atoms with Gasteiger partial charge < -0.3 is 15.9 Å². The minimum Gasteiger partial charge on any atom is -0.508 e. The van der Waals surface area contributed by atoms with E-state index < -0.39 is 15.7 Å². The summed E-state index contributed by atoms with van der Waals surface area (Å²) in [7, 11) is -3.38. The summed E-state index contributed by atoms with van der Waals surface area (Å²) in [5, 5.41) is 28.4. The second-order valence-electron chi connectivity index (χ2n) is 6.56. The molecule has 10 heteroatoms. The molecule has 0 aliphatic rings. The first kappa shape index (κ1) is 20.3. The number of benzene rings is 2. The van der Waals surface area contributed by atoms with Crippen LogP contribution in [0.5, 0.6) is 11.5 Å². The number of aryl methyl sites for hydroxylation is 1. The molecule has 4 N–H and O–H groups in total. The Kier molecular flexibility index (Phi) is 5.29. The second-order valence-corrected chi connectivity index (χ2v) is 8.57. The lowest BCUT2D eigenvalue weighted by atomic mass is 10.00. The highest BCUT2D eigenvalue weighted by atomic mass is 32.2. The molecule has 1 aromatic heterocycles. The summed E-state index contributed by atoms with van der Waals surface area (Å²) in [5.41, 5.74) is 7.40. The Bertz CT molecular complexity index is 1180. The van der Waals surface area contributed by atoms with E-state index in [0.29, 0.717) is 28.8 Å². The molecule has 3 aromatic rings. The van der Waals surface area contributed by atoms with Gasteiger partial charge in [0.1, 0.15) is 23.7 Å². The summed E-state index contributed by atoms with van der Waals surface area (Å²) in [6, 6.07) is 8.81. The topological polar surface area (TPSA) is 148 Å². The van der Waals surface area contributed by atoms with Gasteiger partial charge in [-0.15, -0.1) is 5.10 Å². The van der Waals surface area contributed by atoms with Gasteiger partial charge in [0.25, 0.3) is 0 Å². The lowest BCUT2D eigenvalue weighted by molar-refractivity contribution is -0.118. The van der Waals surface area contributed by atoms with Gasteiger partial charge in [-0.05, 0) is 30.2 Å². The number of phenolic OH excluding ortho intramolecular Hbond substituents is 2. The molecule has 0 aliphatic carbocycles. The number of hydrogen-bond acceptors (Lipinski definition) is 7. The quantitative estimate of drug-likeness (QED) is 0.551. The van der Waals surface area contributed by atoms with Gasteiger partial charge in [0.05, 0.1) is 10.6 Å². The van der Waals surface area contributed by atoms with Crippen LogP contribution >= 0.6 is 0 Å². The number of sulfone groups is 1. The third-order valence-corrected chi connectivity index (χ3v) is 5.56. The Morgan fingerprint density at radius 1 is 1.14 bits per heavy atom. The molecule has 0 fully saturated rings. The van der Waals surface area contributed by atoms with E-state index in [1.54, 1.807) is 18.2 Å². The maximum Gasteiger partial charge on any atom is 0.239 e. The molecule has 3 rings (SSSR count). The predicted octanol–water partition coefficient (Wildman–Crippen LogP) is 1.47. The van der Waals surface area contributed by atoms with Gasteiger partial charge in [0.2, 0.25) is 5.91 Å². The molecule has 0 aliphatic heterocycles. The minimum absolute atomic E-state index is 0.0441. The molecule has 0 unspecified atom stereocenters. The normalized spacial score (nSPS) is 11.5. The summed E-state index contributed by atoms with van der Waals surface area (Å²) in [6.45, 7) is 1.60. The van der Waals surface area contributed by atoms with E-state index in [-0.39, 0.29) is 28.6 Å². The molecule has 1 heterocycles. The number of carbonyl (C=O) groups is 1. The molecule has 0 spiro atoms. The first-order chi connectivity index (χ1) is 13.6. The summed E-state index contributed by atoms with van der Waals surface area (Å²) < 4.78 is 24.7. The predicted molar refractivity (Wildman–Crippen MR) is 106 cm³/mol. The minimum atomic E-state index is -3.38. The number of nitrogens with zero attached hydrogens (tertiary/aromatic N) is 3. The van der Waals surface area contributed by atoms with Crippen molar-refractivity contribution in [3.8, 4) is 34.0 Å². The van der Waals surface area contributed by atoms with Crippen molar-refractivity contribution >= 4 is 15.7 Å². The van der Waals surface area contributed by atoms with Crippen molar-refractivity contribution in [1.82, 2.24) is 15.0 Å². The van der Waals surface area contributed by atoms with Gasteiger partial charge in [0.15, 0.2) is 9.84 Å². The average molecular weight is 416 g/mol. The van der Waals surface area contributed by atoms with Gasteiger partial charge in [-0.3, -0.25) is 4.79 Å². The average Bonchev–Trinajstić information content (AvgIpc) is 3.03. The van der Waals surface area contributed by atoms with Gasteiger partial charge in [-0.2, -0.15) is 0 Å². The molecule has 9 nitrogen and oxygen atoms in total. The largest absolute Gasteiger partial charge is 0.508 e. The molecule has 2 aromatic carbocycles. The van der Waals surface area contributed by atoms with Gasteiger partial charge in [-0.1, -0.05) is 24.3 Å². The maximum atomic E-state index is 11.7. The highest BCUT2D eigenvalue weighted by Gasteiger charge is 2.22. The zero-order chi connectivity index (χ0) is 21.3. The molecule has 0 atom stereocenters. The van der Waals surface area contributed by atoms with Crippen molar-refractivity contribution in [2.45, 2.75) is 24.8 Å². The smallest absolute Gasteiger partial charge is 0.239 e. The van der Waals surface area contributed by atoms with Gasteiger partial charge in [-0.25, -0.2) is 13.1 Å². The van der Waals surface area contributed by atoms with Gasteiger partial charge in [0, 0.05) is 23.4 Å². The highest BCUT2D eigenvalue weighted by Crippen LogP contribution is 2.39. The number of aromatic hydroxyl groups is 2. The van der Waals surface area contributed by atoms with Crippen LogP contribution in [0.2, 0.25) is 0 Å². The standard InChI is InChI=1S/C19H20N4O5S/c1-3-11-8-14(16(25)9-15(11)24)18-19(23(22-21-18)10-17(20)26)12-4-6-13(7-5-12)29(2,27)28/h4-9,24-25H,3,10H2,1-2H3,(H2,20,26). The lowest BCUT2D eigenvalue weighted by Crippen LogP contribution is -2.20. The molecular weight excluding hydrogens is 396 g/mol. The van der Waals surface area contributed by atoms with Crippen molar-refractivity contribution in [2.75, 3.05) is 6.26 Å². The van der Waals surface area contributed by atoms with Crippen LogP contribution in [0, 0.1) is 0 Å². The highest BCUT2D eigenvalue weighted by molar-refractivity contribution is 7.90. The van der Waals surface area contributed by atoms with Crippen LogP contribution in [0.15, 0.2) is 41.3 Å². The molecule has 152 valence electrons. The monoisotopic (exact) mass is 416 g/mol. The van der Waals surface area contributed by atoms with E-state index in [1.807, 2.05) is 6.92 Å².